The van der Waals surface area contributed by atoms with E-state index in [-0.39, 0.29) is 11.9 Å². The molecule has 1 saturated heterocycles. The number of hydrogen-bond donors (Lipinski definition) is 1. The van der Waals surface area contributed by atoms with Gasteiger partial charge in [0.1, 0.15) is 5.69 Å². The van der Waals surface area contributed by atoms with Crippen LogP contribution < -0.4 is 5.32 Å². The van der Waals surface area contributed by atoms with Gasteiger partial charge >= 0.3 is 0 Å². The molecule has 0 bridgehead atoms. The van der Waals surface area contributed by atoms with E-state index in [1.807, 2.05) is 22.6 Å². The summed E-state index contributed by atoms with van der Waals surface area (Å²) >= 11 is 0. The van der Waals surface area contributed by atoms with Crippen molar-refractivity contribution in [3.63, 3.8) is 0 Å². The summed E-state index contributed by atoms with van der Waals surface area (Å²) in [4.78, 5) is 14.9. The van der Waals surface area contributed by atoms with Crippen molar-refractivity contribution in [3.8, 4) is 0 Å². The third-order valence-corrected chi connectivity index (χ3v) is 4.18. The van der Waals surface area contributed by atoms with E-state index >= 15 is 0 Å². The van der Waals surface area contributed by atoms with Crippen LogP contribution in [0.15, 0.2) is 6.07 Å². The zero-order chi connectivity index (χ0) is 15.4. The molecule has 1 atom stereocenters. The molecule has 0 aliphatic carbocycles. The number of nitrogens with zero attached hydrogens (tertiary/aromatic N) is 3. The van der Waals surface area contributed by atoms with Crippen molar-refractivity contribution in [1.82, 2.24) is 20.0 Å². The summed E-state index contributed by atoms with van der Waals surface area (Å²) in [6.45, 7) is 10.8. The molecule has 0 spiro atoms. The van der Waals surface area contributed by atoms with Crippen LogP contribution in [-0.4, -0.2) is 45.8 Å². The lowest BCUT2D eigenvalue weighted by atomic mass is 10.1. The van der Waals surface area contributed by atoms with Gasteiger partial charge in [-0.15, -0.1) is 0 Å². The Morgan fingerprint density at radius 3 is 2.81 bits per heavy atom. The standard InChI is InChI=1S/C16H28N4O/c1-5-13-10-15(20(6-2)18-13)16(21)19(12(3)4)11-14-8-7-9-17-14/h10,12,14,17H,5-9,11H2,1-4H3. The lowest BCUT2D eigenvalue weighted by molar-refractivity contribution is 0.0676. The number of carbonyl (C=O) groups excluding carboxylic acids is 1. The molecule has 1 aromatic rings. The summed E-state index contributed by atoms with van der Waals surface area (Å²) in [5.74, 6) is 0.104. The van der Waals surface area contributed by atoms with Gasteiger partial charge < -0.3 is 10.2 Å². The molecular weight excluding hydrogens is 264 g/mol. The van der Waals surface area contributed by atoms with Crippen molar-refractivity contribution < 1.29 is 4.79 Å². The normalized spacial score (nSPS) is 18.4. The van der Waals surface area contributed by atoms with Crippen LogP contribution in [-0.2, 0) is 13.0 Å². The van der Waals surface area contributed by atoms with E-state index in [2.05, 4.69) is 31.2 Å². The second kappa shape index (κ2) is 7.07. The Hall–Kier alpha value is -1.36. The van der Waals surface area contributed by atoms with Crippen LogP contribution in [0.5, 0.6) is 0 Å². The van der Waals surface area contributed by atoms with E-state index < -0.39 is 0 Å². The van der Waals surface area contributed by atoms with E-state index in [4.69, 9.17) is 0 Å². The summed E-state index contributed by atoms with van der Waals surface area (Å²) in [6, 6.07) is 2.58. The van der Waals surface area contributed by atoms with Crippen LogP contribution in [0.2, 0.25) is 0 Å². The summed E-state index contributed by atoms with van der Waals surface area (Å²) in [5.41, 5.74) is 1.71. The van der Waals surface area contributed by atoms with E-state index in [1.54, 1.807) is 0 Å². The van der Waals surface area contributed by atoms with E-state index in [0.29, 0.717) is 6.04 Å². The average Bonchev–Trinajstić information content (AvgIpc) is 3.12. The van der Waals surface area contributed by atoms with Gasteiger partial charge in [-0.2, -0.15) is 5.10 Å². The van der Waals surface area contributed by atoms with Gasteiger partial charge in [0.2, 0.25) is 0 Å². The first-order valence-electron chi connectivity index (χ1n) is 8.17. The Bertz CT molecular complexity index is 475. The monoisotopic (exact) mass is 292 g/mol. The van der Waals surface area contributed by atoms with Crippen LogP contribution in [0.1, 0.15) is 56.7 Å². The molecule has 1 aliphatic heterocycles. The van der Waals surface area contributed by atoms with E-state index in [9.17, 15) is 4.79 Å². The van der Waals surface area contributed by atoms with Gasteiger partial charge in [-0.05, 0) is 52.6 Å². The molecule has 5 nitrogen and oxygen atoms in total. The zero-order valence-electron chi connectivity index (χ0n) is 13.7. The van der Waals surface area contributed by atoms with Crippen molar-refractivity contribution in [2.45, 2.75) is 65.6 Å². The summed E-state index contributed by atoms with van der Waals surface area (Å²) in [6.07, 6.45) is 3.22. The molecule has 0 aromatic carbocycles. The Morgan fingerprint density at radius 2 is 2.29 bits per heavy atom. The highest BCUT2D eigenvalue weighted by Crippen LogP contribution is 2.15. The molecule has 21 heavy (non-hydrogen) atoms. The first-order chi connectivity index (χ1) is 10.1. The van der Waals surface area contributed by atoms with Gasteiger partial charge in [0.25, 0.3) is 5.91 Å². The molecule has 2 heterocycles. The Kier molecular flexibility index (Phi) is 5.39. The highest BCUT2D eigenvalue weighted by atomic mass is 16.2. The average molecular weight is 292 g/mol. The summed E-state index contributed by atoms with van der Waals surface area (Å²) < 4.78 is 1.83. The molecule has 1 fully saturated rings. The first kappa shape index (κ1) is 16.0. The third-order valence-electron chi connectivity index (χ3n) is 4.18. The largest absolute Gasteiger partial charge is 0.333 e. The number of amides is 1. The quantitative estimate of drug-likeness (QED) is 0.873. The van der Waals surface area contributed by atoms with Gasteiger partial charge in [-0.3, -0.25) is 9.48 Å². The van der Waals surface area contributed by atoms with Crippen LogP contribution in [0.3, 0.4) is 0 Å². The second-order valence-corrected chi connectivity index (χ2v) is 6.03. The van der Waals surface area contributed by atoms with Gasteiger partial charge in [-0.25, -0.2) is 0 Å². The minimum Gasteiger partial charge on any atom is -0.333 e. The molecule has 118 valence electrons. The maximum atomic E-state index is 12.9. The Balaban J connectivity index is 2.18. The van der Waals surface area contributed by atoms with Crippen molar-refractivity contribution in [2.24, 2.45) is 0 Å². The predicted octanol–water partition coefficient (Wildman–Crippen LogP) is 2.07. The zero-order valence-corrected chi connectivity index (χ0v) is 13.7. The van der Waals surface area contributed by atoms with Crippen molar-refractivity contribution >= 4 is 5.91 Å². The van der Waals surface area contributed by atoms with Crippen molar-refractivity contribution in [1.29, 1.82) is 0 Å². The molecular formula is C16H28N4O. The molecule has 0 saturated carbocycles. The molecule has 1 N–H and O–H groups in total. The first-order valence-corrected chi connectivity index (χ1v) is 8.17. The van der Waals surface area contributed by atoms with Gasteiger partial charge in [-0.1, -0.05) is 6.92 Å². The van der Waals surface area contributed by atoms with E-state index in [1.165, 1.54) is 6.42 Å². The molecule has 1 aromatic heterocycles. The molecule has 0 radical (unpaired) electrons. The molecule has 5 heteroatoms. The third kappa shape index (κ3) is 3.64. The van der Waals surface area contributed by atoms with Gasteiger partial charge in [0.05, 0.1) is 5.69 Å². The van der Waals surface area contributed by atoms with Gasteiger partial charge in [0, 0.05) is 25.2 Å². The maximum Gasteiger partial charge on any atom is 0.272 e. The summed E-state index contributed by atoms with van der Waals surface area (Å²) in [5, 5.41) is 7.97. The fraction of sp³-hybridized carbons (Fsp3) is 0.750. The van der Waals surface area contributed by atoms with Crippen LogP contribution in [0.4, 0.5) is 0 Å². The van der Waals surface area contributed by atoms with Crippen LogP contribution in [0.25, 0.3) is 0 Å². The highest BCUT2D eigenvalue weighted by molar-refractivity contribution is 5.93. The number of aromatic nitrogens is 2. The lowest BCUT2D eigenvalue weighted by Gasteiger charge is -2.29. The summed E-state index contributed by atoms with van der Waals surface area (Å²) in [7, 11) is 0. The minimum absolute atomic E-state index is 0.104. The maximum absolute atomic E-state index is 12.9. The Labute approximate surface area is 127 Å². The second-order valence-electron chi connectivity index (χ2n) is 6.03. The fourth-order valence-corrected chi connectivity index (χ4v) is 2.88. The predicted molar refractivity (Wildman–Crippen MR) is 84.5 cm³/mol. The lowest BCUT2D eigenvalue weighted by Crippen LogP contribution is -2.45. The molecule has 2 rings (SSSR count). The number of carbonyl (C=O) groups is 1. The fourth-order valence-electron chi connectivity index (χ4n) is 2.88. The topological polar surface area (TPSA) is 50.2 Å². The molecule has 1 amide bonds. The van der Waals surface area contributed by atoms with Gasteiger partial charge in [0.15, 0.2) is 0 Å². The smallest absolute Gasteiger partial charge is 0.272 e. The number of hydrogen-bond acceptors (Lipinski definition) is 3. The number of nitrogens with one attached hydrogen (secondary N) is 1. The number of rotatable bonds is 6. The highest BCUT2D eigenvalue weighted by Gasteiger charge is 2.26. The molecule has 1 unspecified atom stereocenters. The van der Waals surface area contributed by atoms with Crippen molar-refractivity contribution in [3.05, 3.63) is 17.5 Å². The SMILES string of the molecule is CCc1cc(C(=O)N(CC2CCCN2)C(C)C)n(CC)n1. The Morgan fingerprint density at radius 1 is 1.52 bits per heavy atom. The van der Waals surface area contributed by atoms with Crippen LogP contribution >= 0.6 is 0 Å². The molecule has 1 aliphatic rings. The van der Waals surface area contributed by atoms with Crippen LogP contribution in [0, 0.1) is 0 Å². The number of aryl methyl sites for hydroxylation is 2. The minimum atomic E-state index is 0.104. The van der Waals surface area contributed by atoms with Crippen molar-refractivity contribution in [2.75, 3.05) is 13.1 Å². The van der Waals surface area contributed by atoms with E-state index in [0.717, 1.165) is 43.9 Å².